The van der Waals surface area contributed by atoms with Gasteiger partial charge >= 0.3 is 0 Å². The van der Waals surface area contributed by atoms with Gasteiger partial charge in [0.1, 0.15) is 0 Å². The summed E-state index contributed by atoms with van der Waals surface area (Å²) < 4.78 is 0. The average molecular weight is 288 g/mol. The zero-order chi connectivity index (χ0) is 15.3. The standard InChI is InChI=1S/C19H32N2/c1-5-13-20-18(6-2)16-7-9-17(10-8-16)21-14-11-19(3,4)12-15-21/h7-10,18,20H,5-6,11-15H2,1-4H3. The van der Waals surface area contributed by atoms with Gasteiger partial charge in [0.2, 0.25) is 0 Å². The third-order valence-corrected chi connectivity index (χ3v) is 4.83. The van der Waals surface area contributed by atoms with E-state index in [1.54, 1.807) is 0 Å². The first-order valence-corrected chi connectivity index (χ1v) is 8.64. The molecule has 21 heavy (non-hydrogen) atoms. The molecule has 1 aromatic carbocycles. The minimum absolute atomic E-state index is 0.499. The van der Waals surface area contributed by atoms with Crippen molar-refractivity contribution < 1.29 is 0 Å². The number of hydrogen-bond donors (Lipinski definition) is 1. The van der Waals surface area contributed by atoms with Crippen LogP contribution in [0.4, 0.5) is 5.69 Å². The van der Waals surface area contributed by atoms with Gasteiger partial charge in [-0.15, -0.1) is 0 Å². The van der Waals surface area contributed by atoms with Crippen molar-refractivity contribution in [3.63, 3.8) is 0 Å². The van der Waals surface area contributed by atoms with Crippen molar-refractivity contribution in [2.24, 2.45) is 5.41 Å². The van der Waals surface area contributed by atoms with E-state index < -0.39 is 0 Å². The van der Waals surface area contributed by atoms with Crippen molar-refractivity contribution in [2.75, 3.05) is 24.5 Å². The van der Waals surface area contributed by atoms with Crippen LogP contribution in [0.15, 0.2) is 24.3 Å². The third-order valence-electron chi connectivity index (χ3n) is 4.83. The van der Waals surface area contributed by atoms with Gasteiger partial charge in [0, 0.05) is 24.8 Å². The minimum atomic E-state index is 0.499. The Hall–Kier alpha value is -1.02. The monoisotopic (exact) mass is 288 g/mol. The molecule has 1 N–H and O–H groups in total. The van der Waals surface area contributed by atoms with Crippen LogP contribution in [0.2, 0.25) is 0 Å². The molecule has 1 heterocycles. The molecule has 1 aliphatic heterocycles. The highest BCUT2D eigenvalue weighted by Gasteiger charge is 2.25. The predicted molar refractivity (Wildman–Crippen MR) is 93.0 cm³/mol. The van der Waals surface area contributed by atoms with Crippen LogP contribution in [-0.2, 0) is 0 Å². The summed E-state index contributed by atoms with van der Waals surface area (Å²) in [7, 11) is 0. The molecular formula is C19H32N2. The molecule has 118 valence electrons. The lowest BCUT2D eigenvalue weighted by atomic mass is 9.82. The van der Waals surface area contributed by atoms with E-state index in [-0.39, 0.29) is 0 Å². The second-order valence-electron chi connectivity index (χ2n) is 7.16. The largest absolute Gasteiger partial charge is 0.371 e. The highest BCUT2D eigenvalue weighted by atomic mass is 15.1. The maximum Gasteiger partial charge on any atom is 0.0366 e. The normalized spacial score (nSPS) is 19.5. The van der Waals surface area contributed by atoms with Crippen molar-refractivity contribution in [3.05, 3.63) is 29.8 Å². The minimum Gasteiger partial charge on any atom is -0.371 e. The summed E-state index contributed by atoms with van der Waals surface area (Å²) in [6.45, 7) is 12.7. The van der Waals surface area contributed by atoms with E-state index in [2.05, 4.69) is 62.2 Å². The molecule has 0 amide bonds. The summed E-state index contributed by atoms with van der Waals surface area (Å²) in [5.41, 5.74) is 3.33. The first kappa shape index (κ1) is 16.4. The van der Waals surface area contributed by atoms with Gasteiger partial charge in [0.25, 0.3) is 0 Å². The van der Waals surface area contributed by atoms with Gasteiger partial charge in [0.05, 0.1) is 0 Å². The van der Waals surface area contributed by atoms with Crippen LogP contribution in [0.1, 0.15) is 65.0 Å². The highest BCUT2D eigenvalue weighted by Crippen LogP contribution is 2.32. The number of piperidine rings is 1. The number of rotatable bonds is 6. The summed E-state index contributed by atoms with van der Waals surface area (Å²) in [5, 5.41) is 3.63. The molecule has 1 aliphatic rings. The van der Waals surface area contributed by atoms with Crippen LogP contribution in [0.3, 0.4) is 0 Å². The number of benzene rings is 1. The fourth-order valence-electron chi connectivity index (χ4n) is 3.10. The molecule has 0 aliphatic carbocycles. The topological polar surface area (TPSA) is 15.3 Å². The van der Waals surface area contributed by atoms with Crippen LogP contribution < -0.4 is 10.2 Å². The quantitative estimate of drug-likeness (QED) is 0.811. The van der Waals surface area contributed by atoms with E-state index in [0.717, 1.165) is 13.0 Å². The average Bonchev–Trinajstić information content (AvgIpc) is 2.49. The van der Waals surface area contributed by atoms with Crippen molar-refractivity contribution in [1.29, 1.82) is 0 Å². The van der Waals surface area contributed by atoms with Gasteiger partial charge in [-0.2, -0.15) is 0 Å². The molecule has 0 bridgehead atoms. The highest BCUT2D eigenvalue weighted by molar-refractivity contribution is 5.48. The van der Waals surface area contributed by atoms with Crippen LogP contribution in [0.5, 0.6) is 0 Å². The molecule has 1 saturated heterocycles. The molecule has 2 heteroatoms. The van der Waals surface area contributed by atoms with Crippen molar-refractivity contribution in [3.8, 4) is 0 Å². The number of hydrogen-bond acceptors (Lipinski definition) is 2. The zero-order valence-corrected chi connectivity index (χ0v) is 14.3. The summed E-state index contributed by atoms with van der Waals surface area (Å²) >= 11 is 0. The SMILES string of the molecule is CCCNC(CC)c1ccc(N2CCC(C)(C)CC2)cc1. The molecule has 1 unspecified atom stereocenters. The fraction of sp³-hybridized carbons (Fsp3) is 0.684. The molecule has 1 aromatic rings. The molecule has 0 radical (unpaired) electrons. The maximum atomic E-state index is 3.63. The smallest absolute Gasteiger partial charge is 0.0366 e. The Kier molecular flexibility index (Phi) is 5.69. The number of anilines is 1. The van der Waals surface area contributed by atoms with Crippen LogP contribution in [0.25, 0.3) is 0 Å². The molecule has 0 aromatic heterocycles. The number of nitrogens with one attached hydrogen (secondary N) is 1. The maximum absolute atomic E-state index is 3.63. The van der Waals surface area contributed by atoms with E-state index in [0.29, 0.717) is 11.5 Å². The zero-order valence-electron chi connectivity index (χ0n) is 14.3. The molecule has 2 rings (SSSR count). The Balaban J connectivity index is 1.98. The molecular weight excluding hydrogens is 256 g/mol. The van der Waals surface area contributed by atoms with Gasteiger partial charge in [-0.05, 0) is 55.3 Å². The van der Waals surface area contributed by atoms with Crippen LogP contribution in [-0.4, -0.2) is 19.6 Å². The lowest BCUT2D eigenvalue weighted by Crippen LogP contribution is -2.37. The molecule has 0 saturated carbocycles. The van der Waals surface area contributed by atoms with Gasteiger partial charge in [-0.3, -0.25) is 0 Å². The number of nitrogens with zero attached hydrogens (tertiary/aromatic N) is 1. The van der Waals surface area contributed by atoms with Gasteiger partial charge in [-0.1, -0.05) is 39.8 Å². The van der Waals surface area contributed by atoms with Crippen molar-refractivity contribution in [2.45, 2.75) is 59.4 Å². The second-order valence-corrected chi connectivity index (χ2v) is 7.16. The van der Waals surface area contributed by atoms with E-state index in [1.807, 2.05) is 0 Å². The van der Waals surface area contributed by atoms with Gasteiger partial charge in [-0.25, -0.2) is 0 Å². The summed E-state index contributed by atoms with van der Waals surface area (Å²) in [4.78, 5) is 2.54. The summed E-state index contributed by atoms with van der Waals surface area (Å²) in [6.07, 6.45) is 4.93. The Labute approximate surface area is 130 Å². The Morgan fingerprint density at radius 1 is 1.10 bits per heavy atom. The third kappa shape index (κ3) is 4.47. The molecule has 1 atom stereocenters. The van der Waals surface area contributed by atoms with Crippen molar-refractivity contribution >= 4 is 5.69 Å². The summed E-state index contributed by atoms with van der Waals surface area (Å²) in [6, 6.07) is 9.74. The summed E-state index contributed by atoms with van der Waals surface area (Å²) in [5.74, 6) is 0. The van der Waals surface area contributed by atoms with Gasteiger partial charge in [0.15, 0.2) is 0 Å². The first-order valence-electron chi connectivity index (χ1n) is 8.64. The fourth-order valence-corrected chi connectivity index (χ4v) is 3.10. The Bertz CT molecular complexity index is 412. The van der Waals surface area contributed by atoms with Crippen LogP contribution in [0, 0.1) is 5.41 Å². The van der Waals surface area contributed by atoms with Crippen molar-refractivity contribution in [1.82, 2.24) is 5.32 Å². The lowest BCUT2D eigenvalue weighted by molar-refractivity contribution is 0.280. The van der Waals surface area contributed by atoms with Gasteiger partial charge < -0.3 is 10.2 Å². The predicted octanol–water partition coefficient (Wildman–Crippen LogP) is 4.76. The lowest BCUT2D eigenvalue weighted by Gasteiger charge is -2.38. The van der Waals surface area contributed by atoms with E-state index in [9.17, 15) is 0 Å². The van der Waals surface area contributed by atoms with E-state index >= 15 is 0 Å². The van der Waals surface area contributed by atoms with E-state index in [4.69, 9.17) is 0 Å². The van der Waals surface area contributed by atoms with E-state index in [1.165, 1.54) is 43.6 Å². The molecule has 2 nitrogen and oxygen atoms in total. The molecule has 1 fully saturated rings. The molecule has 0 spiro atoms. The first-order chi connectivity index (χ1) is 10.1. The second kappa shape index (κ2) is 7.31. The Morgan fingerprint density at radius 3 is 2.24 bits per heavy atom. The Morgan fingerprint density at radius 2 is 1.71 bits per heavy atom. The van der Waals surface area contributed by atoms with Crippen LogP contribution >= 0.6 is 0 Å².